The Morgan fingerprint density at radius 3 is 2.53 bits per heavy atom. The van der Waals surface area contributed by atoms with Gasteiger partial charge in [-0.2, -0.15) is 0 Å². The molecule has 0 heterocycles. The first-order valence-corrected chi connectivity index (χ1v) is 7.43. The molecule has 0 aromatic heterocycles. The van der Waals surface area contributed by atoms with Crippen LogP contribution in [0.5, 0.6) is 0 Å². The van der Waals surface area contributed by atoms with Gasteiger partial charge in [0.1, 0.15) is 0 Å². The summed E-state index contributed by atoms with van der Waals surface area (Å²) < 4.78 is 1.08. The van der Waals surface area contributed by atoms with Crippen LogP contribution in [0.15, 0.2) is 33.9 Å². The average Bonchev–Trinajstić information content (AvgIpc) is 2.94. The van der Waals surface area contributed by atoms with Crippen LogP contribution < -0.4 is 5.73 Å². The highest BCUT2D eigenvalue weighted by Crippen LogP contribution is 2.25. The summed E-state index contributed by atoms with van der Waals surface area (Å²) >= 11 is 3.44. The molecular weight excluding hydrogens is 306 g/mol. The third kappa shape index (κ3) is 4.21. The number of oxime groups is 1. The van der Waals surface area contributed by atoms with Crippen molar-refractivity contribution < 1.29 is 5.21 Å². The summed E-state index contributed by atoms with van der Waals surface area (Å²) in [7, 11) is 0. The first-order valence-electron chi connectivity index (χ1n) is 6.64. The number of nitrogens with two attached hydrogens (primary N) is 1. The second kappa shape index (κ2) is 6.91. The van der Waals surface area contributed by atoms with E-state index < -0.39 is 0 Å². The van der Waals surface area contributed by atoms with E-state index in [2.05, 4.69) is 38.1 Å². The van der Waals surface area contributed by atoms with Crippen LogP contribution in [-0.2, 0) is 6.54 Å². The van der Waals surface area contributed by atoms with Crippen molar-refractivity contribution in [3.8, 4) is 0 Å². The van der Waals surface area contributed by atoms with Crippen molar-refractivity contribution in [1.29, 1.82) is 0 Å². The van der Waals surface area contributed by atoms with E-state index in [1.54, 1.807) is 0 Å². The molecule has 19 heavy (non-hydrogen) atoms. The Morgan fingerprint density at radius 2 is 1.95 bits per heavy atom. The number of halogens is 1. The van der Waals surface area contributed by atoms with Gasteiger partial charge in [-0.15, -0.1) is 0 Å². The van der Waals surface area contributed by atoms with Crippen LogP contribution >= 0.6 is 15.9 Å². The van der Waals surface area contributed by atoms with Crippen molar-refractivity contribution in [3.63, 3.8) is 0 Å². The number of nitrogens with zero attached hydrogens (tertiary/aromatic N) is 2. The first-order chi connectivity index (χ1) is 9.19. The van der Waals surface area contributed by atoms with Gasteiger partial charge in [0.15, 0.2) is 5.84 Å². The fourth-order valence-electron chi connectivity index (χ4n) is 2.65. The summed E-state index contributed by atoms with van der Waals surface area (Å²) in [5.74, 6) is 0.281. The zero-order valence-electron chi connectivity index (χ0n) is 10.9. The Kier molecular flexibility index (Phi) is 5.22. The van der Waals surface area contributed by atoms with Gasteiger partial charge in [-0.05, 0) is 30.5 Å². The van der Waals surface area contributed by atoms with Crippen molar-refractivity contribution in [2.45, 2.75) is 38.3 Å². The maximum Gasteiger partial charge on any atom is 0.153 e. The molecule has 0 unspecified atom stereocenters. The van der Waals surface area contributed by atoms with Gasteiger partial charge >= 0.3 is 0 Å². The quantitative estimate of drug-likeness (QED) is 0.378. The molecule has 0 bridgehead atoms. The highest BCUT2D eigenvalue weighted by atomic mass is 79.9. The number of benzene rings is 1. The average molecular weight is 326 g/mol. The number of rotatable bonds is 5. The summed E-state index contributed by atoms with van der Waals surface area (Å²) in [5, 5.41) is 11.9. The van der Waals surface area contributed by atoms with Crippen molar-refractivity contribution in [2.75, 3.05) is 6.54 Å². The lowest BCUT2D eigenvalue weighted by atomic mass is 10.1. The van der Waals surface area contributed by atoms with Gasteiger partial charge in [-0.3, -0.25) is 4.90 Å². The van der Waals surface area contributed by atoms with E-state index in [0.29, 0.717) is 12.6 Å². The maximum atomic E-state index is 8.76. The van der Waals surface area contributed by atoms with E-state index >= 15 is 0 Å². The van der Waals surface area contributed by atoms with Crippen molar-refractivity contribution in [2.24, 2.45) is 10.9 Å². The van der Waals surface area contributed by atoms with Crippen LogP contribution in [-0.4, -0.2) is 28.5 Å². The molecule has 1 aliphatic carbocycles. The fraction of sp³-hybridized carbons (Fsp3) is 0.500. The van der Waals surface area contributed by atoms with Crippen molar-refractivity contribution in [3.05, 3.63) is 34.3 Å². The molecule has 0 atom stereocenters. The van der Waals surface area contributed by atoms with Crippen molar-refractivity contribution in [1.82, 2.24) is 4.90 Å². The molecule has 2 rings (SSSR count). The first kappa shape index (κ1) is 14.3. The second-order valence-corrected chi connectivity index (χ2v) is 5.98. The number of amidine groups is 1. The highest BCUT2D eigenvalue weighted by Gasteiger charge is 2.23. The molecule has 0 aliphatic heterocycles. The zero-order chi connectivity index (χ0) is 13.7. The molecule has 0 radical (unpaired) electrons. The third-order valence-electron chi connectivity index (χ3n) is 3.63. The zero-order valence-corrected chi connectivity index (χ0v) is 12.5. The molecule has 5 heteroatoms. The Balaban J connectivity index is 2.05. The fourth-order valence-corrected chi connectivity index (χ4v) is 2.91. The third-order valence-corrected chi connectivity index (χ3v) is 4.16. The van der Waals surface area contributed by atoms with E-state index in [-0.39, 0.29) is 5.84 Å². The maximum absolute atomic E-state index is 8.76. The molecule has 1 aromatic carbocycles. The monoisotopic (exact) mass is 325 g/mol. The molecule has 3 N–H and O–H groups in total. The van der Waals surface area contributed by atoms with E-state index in [0.717, 1.165) is 11.0 Å². The lowest BCUT2D eigenvalue weighted by Gasteiger charge is -2.28. The molecule has 0 amide bonds. The molecule has 1 saturated carbocycles. The van der Waals surface area contributed by atoms with Gasteiger partial charge in [-0.25, -0.2) is 0 Å². The van der Waals surface area contributed by atoms with E-state index in [9.17, 15) is 0 Å². The van der Waals surface area contributed by atoms with Gasteiger partial charge in [0.2, 0.25) is 0 Å². The summed E-state index contributed by atoms with van der Waals surface area (Å²) in [6, 6.07) is 8.86. The molecule has 104 valence electrons. The minimum Gasteiger partial charge on any atom is -0.409 e. The normalized spacial score (nSPS) is 17.3. The highest BCUT2D eigenvalue weighted by molar-refractivity contribution is 9.10. The Morgan fingerprint density at radius 1 is 1.32 bits per heavy atom. The second-order valence-electron chi connectivity index (χ2n) is 5.06. The molecule has 4 nitrogen and oxygen atoms in total. The van der Waals surface area contributed by atoms with Gasteiger partial charge < -0.3 is 10.9 Å². The molecule has 0 spiro atoms. The van der Waals surface area contributed by atoms with Gasteiger partial charge in [0, 0.05) is 17.1 Å². The molecule has 1 fully saturated rings. The smallest absolute Gasteiger partial charge is 0.153 e. The minimum atomic E-state index is 0.281. The predicted molar refractivity (Wildman–Crippen MR) is 80.2 cm³/mol. The minimum absolute atomic E-state index is 0.281. The van der Waals surface area contributed by atoms with E-state index in [4.69, 9.17) is 10.9 Å². The van der Waals surface area contributed by atoms with E-state index in [1.807, 2.05) is 12.1 Å². The van der Waals surface area contributed by atoms with Gasteiger partial charge in [-0.1, -0.05) is 46.1 Å². The summed E-state index contributed by atoms with van der Waals surface area (Å²) in [6.45, 7) is 1.37. The summed E-state index contributed by atoms with van der Waals surface area (Å²) in [6.07, 6.45) is 4.96. The van der Waals surface area contributed by atoms with Crippen LogP contribution in [0.25, 0.3) is 0 Å². The largest absolute Gasteiger partial charge is 0.409 e. The van der Waals surface area contributed by atoms with Gasteiger partial charge in [0.25, 0.3) is 0 Å². The molecule has 1 aromatic rings. The summed E-state index contributed by atoms with van der Waals surface area (Å²) in [5.41, 5.74) is 6.92. The molecular formula is C14H20BrN3O. The standard InChI is InChI=1S/C14H20BrN3O/c15-12-7-5-11(6-8-12)9-18(10-14(16)17-19)13-3-1-2-4-13/h5-8,13,19H,1-4,9-10H2,(H2,16,17). The predicted octanol–water partition coefficient (Wildman–Crippen LogP) is 2.94. The Labute approximate surface area is 122 Å². The van der Waals surface area contributed by atoms with Crippen molar-refractivity contribution >= 4 is 21.8 Å². The van der Waals surface area contributed by atoms with E-state index in [1.165, 1.54) is 31.2 Å². The SMILES string of the molecule is NC(CN(Cc1ccc(Br)cc1)C1CCCC1)=NO. The van der Waals surface area contributed by atoms with Crippen LogP contribution in [0.3, 0.4) is 0 Å². The molecule has 0 saturated heterocycles. The van der Waals surface area contributed by atoms with Crippen LogP contribution in [0.2, 0.25) is 0 Å². The van der Waals surface area contributed by atoms with Crippen LogP contribution in [0, 0.1) is 0 Å². The van der Waals surface area contributed by atoms with Gasteiger partial charge in [0.05, 0.1) is 6.54 Å². The Bertz CT molecular complexity index is 427. The topological polar surface area (TPSA) is 61.8 Å². The lowest BCUT2D eigenvalue weighted by Crippen LogP contribution is -2.39. The molecule has 1 aliphatic rings. The van der Waals surface area contributed by atoms with Crippen LogP contribution in [0.4, 0.5) is 0 Å². The number of hydrogen-bond acceptors (Lipinski definition) is 3. The summed E-state index contributed by atoms with van der Waals surface area (Å²) in [4.78, 5) is 2.31. The van der Waals surface area contributed by atoms with Crippen LogP contribution in [0.1, 0.15) is 31.2 Å². The Hall–Kier alpha value is -1.07. The lowest BCUT2D eigenvalue weighted by molar-refractivity contribution is 0.214. The number of hydrogen-bond donors (Lipinski definition) is 2.